The number of hydrogen-bond donors (Lipinski definition) is 0. The summed E-state index contributed by atoms with van der Waals surface area (Å²) in [7, 11) is 0. The van der Waals surface area contributed by atoms with Crippen LogP contribution in [0.3, 0.4) is 0 Å². The first-order valence-corrected chi connectivity index (χ1v) is 7.89. The first-order chi connectivity index (χ1) is 10.7. The largest absolute Gasteiger partial charge is 0.302 e. The topological polar surface area (TPSA) is 45.0 Å². The summed E-state index contributed by atoms with van der Waals surface area (Å²) in [5.41, 5.74) is 3.32. The Morgan fingerprint density at radius 2 is 2.14 bits per heavy atom. The van der Waals surface area contributed by atoms with Gasteiger partial charge < -0.3 is 4.90 Å². The molecule has 0 saturated heterocycles. The lowest BCUT2D eigenvalue weighted by Crippen LogP contribution is -2.30. The summed E-state index contributed by atoms with van der Waals surface area (Å²) in [5.74, 6) is 0.378. The van der Waals surface area contributed by atoms with Crippen molar-refractivity contribution in [3.8, 4) is 0 Å². The van der Waals surface area contributed by atoms with E-state index in [2.05, 4.69) is 23.7 Å². The number of rotatable bonds is 3. The van der Waals surface area contributed by atoms with Crippen LogP contribution in [0.1, 0.15) is 38.2 Å². The van der Waals surface area contributed by atoms with Crippen LogP contribution in [0, 0.1) is 5.92 Å². The van der Waals surface area contributed by atoms with Gasteiger partial charge >= 0.3 is 0 Å². The SMILES string of the molecule is C=CCN1C(=O)/C(=N\N=C2/CCCC[C@H]2C)c2ccccc21. The molecule has 1 heterocycles. The molecule has 2 aliphatic rings. The number of anilines is 1. The van der Waals surface area contributed by atoms with Crippen molar-refractivity contribution in [3.63, 3.8) is 0 Å². The molecule has 4 nitrogen and oxygen atoms in total. The molecule has 0 radical (unpaired) electrons. The van der Waals surface area contributed by atoms with Crippen molar-refractivity contribution in [1.82, 2.24) is 0 Å². The van der Waals surface area contributed by atoms with Gasteiger partial charge in [-0.25, -0.2) is 0 Å². The van der Waals surface area contributed by atoms with E-state index in [1.165, 1.54) is 12.8 Å². The number of carbonyl (C=O) groups is 1. The molecule has 0 bridgehead atoms. The minimum atomic E-state index is -0.0890. The summed E-state index contributed by atoms with van der Waals surface area (Å²) < 4.78 is 0. The second-order valence-electron chi connectivity index (χ2n) is 5.91. The molecule has 0 aromatic heterocycles. The fourth-order valence-corrected chi connectivity index (χ4v) is 3.10. The first kappa shape index (κ1) is 14.7. The van der Waals surface area contributed by atoms with Crippen molar-refractivity contribution < 1.29 is 4.79 Å². The fraction of sp³-hybridized carbons (Fsp3) is 0.389. The van der Waals surface area contributed by atoms with Crippen molar-refractivity contribution in [2.75, 3.05) is 11.4 Å². The summed E-state index contributed by atoms with van der Waals surface area (Å²) in [6.07, 6.45) is 6.31. The smallest absolute Gasteiger partial charge is 0.279 e. The van der Waals surface area contributed by atoms with Gasteiger partial charge in [-0.1, -0.05) is 37.6 Å². The molecule has 22 heavy (non-hydrogen) atoms. The fourth-order valence-electron chi connectivity index (χ4n) is 3.10. The summed E-state index contributed by atoms with van der Waals surface area (Å²) in [6.45, 7) is 6.40. The molecular weight excluding hydrogens is 274 g/mol. The van der Waals surface area contributed by atoms with Crippen LogP contribution in [-0.2, 0) is 4.79 Å². The molecule has 1 aromatic carbocycles. The third kappa shape index (κ3) is 2.61. The third-order valence-electron chi connectivity index (χ3n) is 4.38. The minimum Gasteiger partial charge on any atom is -0.302 e. The van der Waals surface area contributed by atoms with Crippen LogP contribution in [0.2, 0.25) is 0 Å². The minimum absolute atomic E-state index is 0.0890. The van der Waals surface area contributed by atoms with Gasteiger partial charge in [0.25, 0.3) is 5.91 Å². The molecule has 0 unspecified atom stereocenters. The molecule has 114 valence electrons. The van der Waals surface area contributed by atoms with Crippen molar-refractivity contribution >= 4 is 23.0 Å². The lowest BCUT2D eigenvalue weighted by atomic mass is 9.89. The van der Waals surface area contributed by atoms with Gasteiger partial charge in [0, 0.05) is 17.8 Å². The van der Waals surface area contributed by atoms with E-state index in [9.17, 15) is 4.79 Å². The van der Waals surface area contributed by atoms with E-state index in [1.54, 1.807) is 11.0 Å². The highest BCUT2D eigenvalue weighted by Gasteiger charge is 2.33. The summed E-state index contributed by atoms with van der Waals surface area (Å²) >= 11 is 0. The molecule has 1 fully saturated rings. The number of para-hydroxylation sites is 1. The summed E-state index contributed by atoms with van der Waals surface area (Å²) in [5, 5.41) is 8.75. The van der Waals surface area contributed by atoms with Gasteiger partial charge in [0.15, 0.2) is 5.71 Å². The van der Waals surface area contributed by atoms with Crippen LogP contribution in [0.25, 0.3) is 0 Å². The van der Waals surface area contributed by atoms with E-state index in [0.29, 0.717) is 18.2 Å². The number of carbonyl (C=O) groups excluding carboxylic acids is 1. The second kappa shape index (κ2) is 6.26. The Balaban J connectivity index is 1.96. The molecule has 4 heteroatoms. The van der Waals surface area contributed by atoms with Gasteiger partial charge in [-0.15, -0.1) is 11.7 Å². The Hall–Kier alpha value is -2.23. The number of hydrogen-bond acceptors (Lipinski definition) is 3. The average Bonchev–Trinajstić information content (AvgIpc) is 2.80. The maximum atomic E-state index is 12.6. The summed E-state index contributed by atoms with van der Waals surface area (Å²) in [4.78, 5) is 14.3. The van der Waals surface area contributed by atoms with E-state index < -0.39 is 0 Å². The Morgan fingerprint density at radius 3 is 2.91 bits per heavy atom. The molecule has 1 atom stereocenters. The number of benzene rings is 1. The zero-order chi connectivity index (χ0) is 15.5. The molecule has 1 saturated carbocycles. The lowest BCUT2D eigenvalue weighted by molar-refractivity contribution is -0.112. The maximum absolute atomic E-state index is 12.6. The third-order valence-corrected chi connectivity index (χ3v) is 4.38. The van der Waals surface area contributed by atoms with Crippen LogP contribution in [0.15, 0.2) is 47.1 Å². The molecule has 1 aliphatic carbocycles. The van der Waals surface area contributed by atoms with Crippen LogP contribution < -0.4 is 4.90 Å². The highest BCUT2D eigenvalue weighted by molar-refractivity contribution is 6.54. The Kier molecular flexibility index (Phi) is 4.18. The number of amides is 1. The molecule has 0 N–H and O–H groups in total. The average molecular weight is 295 g/mol. The highest BCUT2D eigenvalue weighted by atomic mass is 16.2. The predicted molar refractivity (Wildman–Crippen MR) is 90.6 cm³/mol. The van der Waals surface area contributed by atoms with Crippen LogP contribution in [0.5, 0.6) is 0 Å². The second-order valence-corrected chi connectivity index (χ2v) is 5.91. The molecule has 1 aliphatic heterocycles. The molecular formula is C18H21N3O. The summed E-state index contributed by atoms with van der Waals surface area (Å²) in [6, 6.07) is 7.73. The Morgan fingerprint density at radius 1 is 1.32 bits per heavy atom. The van der Waals surface area contributed by atoms with Crippen LogP contribution in [-0.4, -0.2) is 23.9 Å². The number of nitrogens with zero attached hydrogens (tertiary/aromatic N) is 3. The van der Waals surface area contributed by atoms with Gasteiger partial charge in [0.05, 0.1) is 5.69 Å². The van der Waals surface area contributed by atoms with Gasteiger partial charge in [-0.3, -0.25) is 4.79 Å². The van der Waals surface area contributed by atoms with Gasteiger partial charge in [-0.05, 0) is 31.2 Å². The Bertz CT molecular complexity index is 660. The van der Waals surface area contributed by atoms with Crippen molar-refractivity contribution in [2.45, 2.75) is 32.6 Å². The van der Waals surface area contributed by atoms with Crippen LogP contribution in [0.4, 0.5) is 5.69 Å². The molecule has 1 aromatic rings. The van der Waals surface area contributed by atoms with Gasteiger partial charge in [0.2, 0.25) is 0 Å². The van der Waals surface area contributed by atoms with E-state index >= 15 is 0 Å². The van der Waals surface area contributed by atoms with E-state index in [1.807, 2.05) is 24.3 Å². The zero-order valence-electron chi connectivity index (χ0n) is 13.0. The van der Waals surface area contributed by atoms with E-state index in [0.717, 1.165) is 29.8 Å². The molecule has 0 spiro atoms. The van der Waals surface area contributed by atoms with Gasteiger partial charge in [-0.2, -0.15) is 5.10 Å². The predicted octanol–water partition coefficient (Wildman–Crippen LogP) is 3.57. The quantitative estimate of drug-likeness (QED) is 0.621. The molecule has 3 rings (SSSR count). The van der Waals surface area contributed by atoms with E-state index in [4.69, 9.17) is 0 Å². The normalized spacial score (nSPS) is 24.9. The van der Waals surface area contributed by atoms with Crippen LogP contribution >= 0.6 is 0 Å². The van der Waals surface area contributed by atoms with Crippen molar-refractivity contribution in [2.24, 2.45) is 16.1 Å². The lowest BCUT2D eigenvalue weighted by Gasteiger charge is -2.18. The van der Waals surface area contributed by atoms with Gasteiger partial charge in [0.1, 0.15) is 0 Å². The highest BCUT2D eigenvalue weighted by Crippen LogP contribution is 2.29. The monoisotopic (exact) mass is 295 g/mol. The van der Waals surface area contributed by atoms with Crippen molar-refractivity contribution in [3.05, 3.63) is 42.5 Å². The Labute approximate surface area is 131 Å². The molecule has 1 amide bonds. The van der Waals surface area contributed by atoms with Crippen molar-refractivity contribution in [1.29, 1.82) is 0 Å². The standard InChI is InChI=1S/C18H21N3O/c1-3-12-21-16-11-7-5-9-14(16)17(18(21)22)20-19-15-10-6-4-8-13(15)2/h3,5,7,9,11,13H,1,4,6,8,10,12H2,2H3/b19-15+,20-17-/t13-/m1/s1. The van der Waals surface area contributed by atoms with E-state index in [-0.39, 0.29) is 5.91 Å². The number of fused-ring (bicyclic) bond motifs is 1. The first-order valence-electron chi connectivity index (χ1n) is 7.89. The zero-order valence-corrected chi connectivity index (χ0v) is 13.0. The maximum Gasteiger partial charge on any atom is 0.279 e.